The standard InChI is InChI=1S/C14H23NO3/c1-10-4-6-14(7-5-10)17-9-12(18-14)8-15-13(16)11-2-3-11/h10-12H,2-9H2,1H3,(H,15,16)/t10?,12-,14?/m0/s1. The van der Waals surface area contributed by atoms with Crippen LogP contribution in [0.4, 0.5) is 0 Å². The molecule has 0 aromatic rings. The number of nitrogens with one attached hydrogen (secondary N) is 1. The van der Waals surface area contributed by atoms with E-state index in [2.05, 4.69) is 12.2 Å². The molecule has 1 amide bonds. The van der Waals surface area contributed by atoms with Crippen LogP contribution in [0.1, 0.15) is 45.4 Å². The zero-order valence-electron chi connectivity index (χ0n) is 11.1. The second kappa shape index (κ2) is 4.82. The third-order valence-corrected chi connectivity index (χ3v) is 4.40. The van der Waals surface area contributed by atoms with Crippen molar-refractivity contribution in [3.8, 4) is 0 Å². The van der Waals surface area contributed by atoms with Crippen molar-refractivity contribution >= 4 is 5.91 Å². The molecule has 2 aliphatic carbocycles. The Bertz CT molecular complexity index is 319. The fraction of sp³-hybridized carbons (Fsp3) is 0.929. The van der Waals surface area contributed by atoms with Gasteiger partial charge in [-0.05, 0) is 31.6 Å². The number of carbonyl (C=O) groups is 1. The molecule has 0 aromatic carbocycles. The molecule has 2 saturated carbocycles. The summed E-state index contributed by atoms with van der Waals surface area (Å²) in [5, 5.41) is 2.97. The quantitative estimate of drug-likeness (QED) is 0.834. The van der Waals surface area contributed by atoms with E-state index >= 15 is 0 Å². The van der Waals surface area contributed by atoms with Gasteiger partial charge in [0.05, 0.1) is 6.61 Å². The Morgan fingerprint density at radius 2 is 2.00 bits per heavy atom. The molecule has 0 aromatic heterocycles. The van der Waals surface area contributed by atoms with Crippen LogP contribution < -0.4 is 5.32 Å². The highest BCUT2D eigenvalue weighted by molar-refractivity contribution is 5.80. The zero-order valence-corrected chi connectivity index (χ0v) is 11.1. The lowest BCUT2D eigenvalue weighted by atomic mass is 9.86. The first-order valence-electron chi connectivity index (χ1n) is 7.26. The Labute approximate surface area is 108 Å². The fourth-order valence-corrected chi connectivity index (χ4v) is 2.89. The topological polar surface area (TPSA) is 47.6 Å². The number of hydrogen-bond acceptors (Lipinski definition) is 3. The van der Waals surface area contributed by atoms with Crippen LogP contribution >= 0.6 is 0 Å². The number of amides is 1. The molecule has 3 fully saturated rings. The second-order valence-electron chi connectivity index (χ2n) is 6.16. The summed E-state index contributed by atoms with van der Waals surface area (Å²) in [5.74, 6) is 0.923. The fourth-order valence-electron chi connectivity index (χ4n) is 2.89. The maximum atomic E-state index is 11.6. The van der Waals surface area contributed by atoms with Gasteiger partial charge < -0.3 is 14.8 Å². The molecule has 1 spiro atoms. The van der Waals surface area contributed by atoms with Crippen molar-refractivity contribution in [3.05, 3.63) is 0 Å². The van der Waals surface area contributed by atoms with Crippen LogP contribution in [0.15, 0.2) is 0 Å². The minimum atomic E-state index is -0.332. The van der Waals surface area contributed by atoms with E-state index in [-0.39, 0.29) is 23.7 Å². The molecule has 3 rings (SSSR count). The van der Waals surface area contributed by atoms with Crippen molar-refractivity contribution in [3.63, 3.8) is 0 Å². The first kappa shape index (κ1) is 12.4. The van der Waals surface area contributed by atoms with Crippen molar-refractivity contribution in [1.29, 1.82) is 0 Å². The average Bonchev–Trinajstić information content (AvgIpc) is 3.15. The van der Waals surface area contributed by atoms with E-state index in [9.17, 15) is 4.79 Å². The zero-order chi connectivity index (χ0) is 12.6. The number of rotatable bonds is 3. The average molecular weight is 253 g/mol. The van der Waals surface area contributed by atoms with Crippen LogP contribution in [0.3, 0.4) is 0 Å². The van der Waals surface area contributed by atoms with Crippen molar-refractivity contribution in [1.82, 2.24) is 5.32 Å². The highest BCUT2D eigenvalue weighted by Gasteiger charge is 2.43. The normalized spacial score (nSPS) is 40.1. The van der Waals surface area contributed by atoms with E-state index in [1.54, 1.807) is 0 Å². The van der Waals surface area contributed by atoms with Gasteiger partial charge in [0.1, 0.15) is 6.10 Å². The molecule has 0 radical (unpaired) electrons. The number of carbonyl (C=O) groups excluding carboxylic acids is 1. The number of hydrogen-bond donors (Lipinski definition) is 1. The monoisotopic (exact) mass is 253 g/mol. The molecule has 4 nitrogen and oxygen atoms in total. The maximum absolute atomic E-state index is 11.6. The van der Waals surface area contributed by atoms with Crippen LogP contribution in [-0.4, -0.2) is 30.9 Å². The van der Waals surface area contributed by atoms with Gasteiger partial charge in [-0.3, -0.25) is 4.79 Å². The summed E-state index contributed by atoms with van der Waals surface area (Å²) in [6.45, 7) is 3.51. The summed E-state index contributed by atoms with van der Waals surface area (Å²) in [4.78, 5) is 11.6. The van der Waals surface area contributed by atoms with Crippen molar-refractivity contribution in [2.75, 3.05) is 13.2 Å². The minimum absolute atomic E-state index is 0.0427. The smallest absolute Gasteiger partial charge is 0.223 e. The van der Waals surface area contributed by atoms with E-state index in [4.69, 9.17) is 9.47 Å². The number of ether oxygens (including phenoxy) is 2. The van der Waals surface area contributed by atoms with Crippen LogP contribution in [0.25, 0.3) is 0 Å². The minimum Gasteiger partial charge on any atom is -0.353 e. The summed E-state index contributed by atoms with van der Waals surface area (Å²) < 4.78 is 11.9. The maximum Gasteiger partial charge on any atom is 0.223 e. The molecule has 0 bridgehead atoms. The van der Waals surface area contributed by atoms with Crippen molar-refractivity contribution in [2.45, 2.75) is 57.3 Å². The highest BCUT2D eigenvalue weighted by Crippen LogP contribution is 2.39. The molecule has 1 N–H and O–H groups in total. The molecule has 102 valence electrons. The van der Waals surface area contributed by atoms with Crippen molar-refractivity contribution < 1.29 is 14.3 Å². The van der Waals surface area contributed by atoms with Gasteiger partial charge in [-0.15, -0.1) is 0 Å². The molecule has 3 aliphatic rings. The molecule has 1 saturated heterocycles. The van der Waals surface area contributed by atoms with Gasteiger partial charge in [-0.1, -0.05) is 6.92 Å². The molecule has 4 heteroatoms. The van der Waals surface area contributed by atoms with Crippen LogP contribution in [0, 0.1) is 11.8 Å². The Hall–Kier alpha value is -0.610. The molecule has 0 unspecified atom stereocenters. The Balaban J connectivity index is 1.44. The van der Waals surface area contributed by atoms with Gasteiger partial charge >= 0.3 is 0 Å². The summed E-state index contributed by atoms with van der Waals surface area (Å²) >= 11 is 0. The lowest BCUT2D eigenvalue weighted by Gasteiger charge is -2.34. The largest absolute Gasteiger partial charge is 0.353 e. The van der Waals surface area contributed by atoms with Gasteiger partial charge in [0.25, 0.3) is 0 Å². The van der Waals surface area contributed by atoms with Gasteiger partial charge in [0, 0.05) is 25.3 Å². The predicted molar refractivity (Wildman–Crippen MR) is 66.9 cm³/mol. The molecular formula is C14H23NO3. The Kier molecular flexibility index (Phi) is 3.32. The van der Waals surface area contributed by atoms with Crippen LogP contribution in [0.5, 0.6) is 0 Å². The van der Waals surface area contributed by atoms with Crippen LogP contribution in [-0.2, 0) is 14.3 Å². The molecular weight excluding hydrogens is 230 g/mol. The summed E-state index contributed by atoms with van der Waals surface area (Å²) in [6, 6.07) is 0. The second-order valence-corrected chi connectivity index (χ2v) is 6.16. The van der Waals surface area contributed by atoms with Crippen LogP contribution in [0.2, 0.25) is 0 Å². The van der Waals surface area contributed by atoms with E-state index in [0.29, 0.717) is 13.2 Å². The van der Waals surface area contributed by atoms with E-state index in [0.717, 1.165) is 31.6 Å². The molecule has 1 aliphatic heterocycles. The van der Waals surface area contributed by atoms with Gasteiger partial charge in [0.2, 0.25) is 5.91 Å². The van der Waals surface area contributed by atoms with E-state index in [1.165, 1.54) is 12.8 Å². The first-order chi connectivity index (χ1) is 8.67. The molecule has 18 heavy (non-hydrogen) atoms. The van der Waals surface area contributed by atoms with E-state index in [1.807, 2.05) is 0 Å². The summed E-state index contributed by atoms with van der Waals surface area (Å²) in [7, 11) is 0. The summed E-state index contributed by atoms with van der Waals surface area (Å²) in [6.07, 6.45) is 6.51. The Morgan fingerprint density at radius 1 is 1.28 bits per heavy atom. The molecule has 1 heterocycles. The van der Waals surface area contributed by atoms with Gasteiger partial charge in [-0.2, -0.15) is 0 Å². The highest BCUT2D eigenvalue weighted by atomic mass is 16.7. The van der Waals surface area contributed by atoms with Crippen molar-refractivity contribution in [2.24, 2.45) is 11.8 Å². The predicted octanol–water partition coefficient (Wildman–Crippen LogP) is 1.83. The van der Waals surface area contributed by atoms with E-state index < -0.39 is 0 Å². The molecule has 1 atom stereocenters. The third kappa shape index (κ3) is 2.69. The Morgan fingerprint density at radius 3 is 2.67 bits per heavy atom. The van der Waals surface area contributed by atoms with Gasteiger partial charge in [-0.25, -0.2) is 0 Å². The third-order valence-electron chi connectivity index (χ3n) is 4.40. The van der Waals surface area contributed by atoms with Gasteiger partial charge in [0.15, 0.2) is 5.79 Å². The first-order valence-corrected chi connectivity index (χ1v) is 7.26. The summed E-state index contributed by atoms with van der Waals surface area (Å²) in [5.41, 5.74) is 0. The lowest BCUT2D eigenvalue weighted by Crippen LogP contribution is -2.38. The lowest BCUT2D eigenvalue weighted by molar-refractivity contribution is -0.191. The SMILES string of the molecule is CC1CCC2(CC1)OC[C@H](CNC(=O)C1CC1)O2.